The van der Waals surface area contributed by atoms with Gasteiger partial charge in [0.25, 0.3) is 11.4 Å². The van der Waals surface area contributed by atoms with E-state index >= 15 is 0 Å². The van der Waals surface area contributed by atoms with Gasteiger partial charge in [-0.25, -0.2) is 0 Å². The van der Waals surface area contributed by atoms with E-state index in [1.165, 1.54) is 18.2 Å². The molecule has 0 unspecified atom stereocenters. The molecule has 2 aromatic rings. The number of hydrogen-bond acceptors (Lipinski definition) is 5. The number of rotatable bonds is 3. The topological polar surface area (TPSA) is 98.3 Å². The van der Waals surface area contributed by atoms with Crippen LogP contribution in [0.2, 0.25) is 5.02 Å². The first-order valence-electron chi connectivity index (χ1n) is 8.11. The standard InChI is InChI=1S/C18H14ClN3O4/c19-14-7-8-15(22(25)26)16-12-5-2-6-13(12)17(20-18(14)16)10-3-1-4-11(9-10)21(23)24/h1-5,7-9,12-13,17,20H,6H2/t12-,13+,17-/m1/s1. The summed E-state index contributed by atoms with van der Waals surface area (Å²) in [4.78, 5) is 21.8. The van der Waals surface area contributed by atoms with Gasteiger partial charge in [0.15, 0.2) is 0 Å². The summed E-state index contributed by atoms with van der Waals surface area (Å²) in [6, 6.07) is 9.19. The van der Waals surface area contributed by atoms with Crippen molar-refractivity contribution in [3.05, 3.63) is 84.9 Å². The minimum Gasteiger partial charge on any atom is -0.376 e. The molecule has 8 heteroatoms. The zero-order chi connectivity index (χ0) is 18.4. The van der Waals surface area contributed by atoms with Gasteiger partial charge < -0.3 is 5.32 Å². The first-order chi connectivity index (χ1) is 12.5. The molecular formula is C18H14ClN3O4. The third kappa shape index (κ3) is 2.52. The minimum absolute atomic E-state index is 0.0164. The van der Waals surface area contributed by atoms with Crippen LogP contribution in [0.1, 0.15) is 29.5 Å². The molecule has 0 bridgehead atoms. The molecule has 2 aliphatic rings. The second kappa shape index (κ2) is 6.10. The molecule has 1 aliphatic carbocycles. The molecule has 7 nitrogen and oxygen atoms in total. The van der Waals surface area contributed by atoms with Gasteiger partial charge in [-0.05, 0) is 24.0 Å². The lowest BCUT2D eigenvalue weighted by Crippen LogP contribution is -2.29. The average Bonchev–Trinajstić information content (AvgIpc) is 3.11. The third-order valence-corrected chi connectivity index (χ3v) is 5.40. The number of halogens is 1. The maximum atomic E-state index is 11.5. The van der Waals surface area contributed by atoms with Crippen molar-refractivity contribution in [1.82, 2.24) is 0 Å². The fraction of sp³-hybridized carbons (Fsp3) is 0.222. The molecule has 0 saturated carbocycles. The Labute approximate surface area is 153 Å². The fourth-order valence-corrected chi connectivity index (χ4v) is 4.19. The van der Waals surface area contributed by atoms with Crippen LogP contribution in [0.4, 0.5) is 17.1 Å². The zero-order valence-electron chi connectivity index (χ0n) is 13.5. The molecule has 26 heavy (non-hydrogen) atoms. The van der Waals surface area contributed by atoms with Crippen LogP contribution in [0, 0.1) is 26.1 Å². The van der Waals surface area contributed by atoms with E-state index in [4.69, 9.17) is 11.6 Å². The zero-order valence-corrected chi connectivity index (χ0v) is 14.2. The van der Waals surface area contributed by atoms with Crippen LogP contribution in [0.3, 0.4) is 0 Å². The Morgan fingerprint density at radius 1 is 1.12 bits per heavy atom. The van der Waals surface area contributed by atoms with Crippen molar-refractivity contribution in [3.8, 4) is 0 Å². The Bertz CT molecular complexity index is 959. The average molecular weight is 372 g/mol. The molecule has 0 saturated heterocycles. The highest BCUT2D eigenvalue weighted by Crippen LogP contribution is 2.54. The summed E-state index contributed by atoms with van der Waals surface area (Å²) in [5.74, 6) is -0.128. The Hall–Kier alpha value is -2.93. The van der Waals surface area contributed by atoms with E-state index in [9.17, 15) is 20.2 Å². The number of non-ortho nitro benzene ring substituents is 1. The van der Waals surface area contributed by atoms with Gasteiger partial charge in [-0.1, -0.05) is 35.9 Å². The Kier molecular flexibility index (Phi) is 3.88. The maximum Gasteiger partial charge on any atom is 0.275 e. The summed E-state index contributed by atoms with van der Waals surface area (Å²) < 4.78 is 0. The van der Waals surface area contributed by atoms with Crippen LogP contribution < -0.4 is 5.32 Å². The fourth-order valence-electron chi connectivity index (χ4n) is 3.98. The lowest BCUT2D eigenvalue weighted by molar-refractivity contribution is -0.385. The molecule has 1 aliphatic heterocycles. The predicted octanol–water partition coefficient (Wildman–Crippen LogP) is 4.98. The second-order valence-corrected chi connectivity index (χ2v) is 6.85. The van der Waals surface area contributed by atoms with E-state index in [0.29, 0.717) is 16.3 Å². The summed E-state index contributed by atoms with van der Waals surface area (Å²) in [6.45, 7) is 0. The van der Waals surface area contributed by atoms with Crippen LogP contribution in [-0.4, -0.2) is 9.85 Å². The summed E-state index contributed by atoms with van der Waals surface area (Å²) in [6.07, 6.45) is 4.70. The quantitative estimate of drug-likeness (QED) is 0.466. The van der Waals surface area contributed by atoms with Crippen molar-refractivity contribution < 1.29 is 9.85 Å². The molecule has 0 aromatic heterocycles. The Morgan fingerprint density at radius 3 is 2.65 bits per heavy atom. The van der Waals surface area contributed by atoms with Crippen molar-refractivity contribution in [1.29, 1.82) is 0 Å². The van der Waals surface area contributed by atoms with Gasteiger partial charge in [0, 0.05) is 24.1 Å². The van der Waals surface area contributed by atoms with Crippen LogP contribution in [0.25, 0.3) is 0 Å². The second-order valence-electron chi connectivity index (χ2n) is 6.44. The van der Waals surface area contributed by atoms with Gasteiger partial charge in [-0.3, -0.25) is 20.2 Å². The summed E-state index contributed by atoms with van der Waals surface area (Å²) >= 11 is 6.33. The molecule has 0 spiro atoms. The number of anilines is 1. The van der Waals surface area contributed by atoms with Gasteiger partial charge >= 0.3 is 0 Å². The van der Waals surface area contributed by atoms with E-state index in [1.54, 1.807) is 12.1 Å². The number of nitro groups is 2. The first-order valence-corrected chi connectivity index (χ1v) is 8.49. The molecule has 1 heterocycles. The highest BCUT2D eigenvalue weighted by atomic mass is 35.5. The number of fused-ring (bicyclic) bond motifs is 3. The molecule has 0 amide bonds. The highest BCUT2D eigenvalue weighted by Gasteiger charge is 2.42. The number of benzene rings is 2. The van der Waals surface area contributed by atoms with E-state index < -0.39 is 9.85 Å². The molecule has 132 valence electrons. The molecule has 3 atom stereocenters. The van der Waals surface area contributed by atoms with Gasteiger partial charge in [-0.15, -0.1) is 0 Å². The van der Waals surface area contributed by atoms with Crippen molar-refractivity contribution in [2.45, 2.75) is 18.4 Å². The third-order valence-electron chi connectivity index (χ3n) is 5.08. The monoisotopic (exact) mass is 371 g/mol. The van der Waals surface area contributed by atoms with Crippen molar-refractivity contribution in [2.75, 3.05) is 5.32 Å². The molecule has 4 rings (SSSR count). The maximum absolute atomic E-state index is 11.5. The highest BCUT2D eigenvalue weighted by molar-refractivity contribution is 6.33. The van der Waals surface area contributed by atoms with Crippen LogP contribution in [0.15, 0.2) is 48.6 Å². The van der Waals surface area contributed by atoms with E-state index in [1.807, 2.05) is 18.2 Å². The number of allylic oxidation sites excluding steroid dienone is 2. The molecule has 0 fully saturated rings. The van der Waals surface area contributed by atoms with Gasteiger partial charge in [0.05, 0.1) is 32.2 Å². The predicted molar refractivity (Wildman–Crippen MR) is 97.6 cm³/mol. The van der Waals surface area contributed by atoms with Crippen LogP contribution in [-0.2, 0) is 0 Å². The first kappa shape index (κ1) is 16.5. The van der Waals surface area contributed by atoms with Crippen LogP contribution >= 0.6 is 11.6 Å². The van der Waals surface area contributed by atoms with Gasteiger partial charge in [-0.2, -0.15) is 0 Å². The summed E-state index contributed by atoms with van der Waals surface area (Å²) in [5, 5.41) is 26.3. The Balaban J connectivity index is 1.85. The van der Waals surface area contributed by atoms with Gasteiger partial charge in [0.1, 0.15) is 0 Å². The van der Waals surface area contributed by atoms with Crippen molar-refractivity contribution in [2.24, 2.45) is 5.92 Å². The largest absolute Gasteiger partial charge is 0.376 e. The van der Waals surface area contributed by atoms with Crippen molar-refractivity contribution >= 4 is 28.7 Å². The lowest BCUT2D eigenvalue weighted by Gasteiger charge is -2.37. The van der Waals surface area contributed by atoms with E-state index in [0.717, 1.165) is 12.0 Å². The number of nitro benzene ring substituents is 2. The normalized spacial score (nSPS) is 23.0. The van der Waals surface area contributed by atoms with Crippen LogP contribution in [0.5, 0.6) is 0 Å². The molecule has 0 radical (unpaired) electrons. The van der Waals surface area contributed by atoms with E-state index in [2.05, 4.69) is 5.32 Å². The molecule has 1 N–H and O–H groups in total. The number of nitrogens with one attached hydrogen (secondary N) is 1. The SMILES string of the molecule is O=[N+]([O-])c1cccc([C@H]2Nc3c(Cl)ccc([N+](=O)[O-])c3[C@@H]3C=CC[C@H]23)c1. The van der Waals surface area contributed by atoms with Gasteiger partial charge in [0.2, 0.25) is 0 Å². The number of nitrogens with zero attached hydrogens (tertiary/aromatic N) is 2. The Morgan fingerprint density at radius 2 is 1.92 bits per heavy atom. The number of hydrogen-bond donors (Lipinski definition) is 1. The molecular weight excluding hydrogens is 358 g/mol. The summed E-state index contributed by atoms with van der Waals surface area (Å²) in [5.41, 5.74) is 1.94. The molecule has 2 aromatic carbocycles. The van der Waals surface area contributed by atoms with Crippen molar-refractivity contribution in [3.63, 3.8) is 0 Å². The minimum atomic E-state index is -0.428. The smallest absolute Gasteiger partial charge is 0.275 e. The summed E-state index contributed by atoms with van der Waals surface area (Å²) in [7, 11) is 0. The lowest BCUT2D eigenvalue weighted by atomic mass is 9.76. The van der Waals surface area contributed by atoms with E-state index in [-0.39, 0.29) is 29.3 Å².